The van der Waals surface area contributed by atoms with Gasteiger partial charge in [0.15, 0.2) is 17.5 Å². The lowest BCUT2D eigenvalue weighted by Crippen LogP contribution is -2.26. The molecule has 2 aliphatic rings. The van der Waals surface area contributed by atoms with Crippen LogP contribution in [0.15, 0.2) is 218 Å². The normalized spacial score (nSPS) is 16.0. The molecule has 0 radical (unpaired) electrons. The van der Waals surface area contributed by atoms with E-state index in [2.05, 4.69) is 227 Å². The molecule has 0 aliphatic heterocycles. The lowest BCUT2D eigenvalue weighted by molar-refractivity contribution is 0.789. The summed E-state index contributed by atoms with van der Waals surface area (Å²) in [6.07, 6.45) is 12.1. The van der Waals surface area contributed by atoms with Crippen LogP contribution in [0.1, 0.15) is 75.8 Å². The first-order chi connectivity index (χ1) is 33.6. The number of fused-ring (bicyclic) bond motifs is 8. The van der Waals surface area contributed by atoms with Gasteiger partial charge in [0.05, 0.1) is 5.41 Å². The van der Waals surface area contributed by atoms with Gasteiger partial charge in [0.25, 0.3) is 0 Å². The number of benzene rings is 8. The monoisotopic (exact) mass is 877 g/mol. The average molecular weight is 878 g/mol. The molecule has 68 heavy (non-hydrogen) atoms. The Bertz CT molecular complexity index is 3460. The molecule has 0 bridgehead atoms. The van der Waals surface area contributed by atoms with E-state index >= 15 is 0 Å². The third kappa shape index (κ3) is 7.18. The third-order valence-electron chi connectivity index (χ3n) is 13.6. The highest BCUT2D eigenvalue weighted by Gasteiger charge is 2.53. The first kappa shape index (κ1) is 43.9. The molecule has 0 fully saturated rings. The van der Waals surface area contributed by atoms with Crippen molar-refractivity contribution in [2.45, 2.75) is 53.4 Å². The van der Waals surface area contributed by atoms with E-state index in [0.29, 0.717) is 17.5 Å². The summed E-state index contributed by atoms with van der Waals surface area (Å²) in [6.45, 7) is 12.6. The molecule has 11 rings (SSSR count). The van der Waals surface area contributed by atoms with Gasteiger partial charge in [-0.2, -0.15) is 0 Å². The van der Waals surface area contributed by atoms with Crippen LogP contribution in [-0.4, -0.2) is 15.0 Å². The number of hydrogen-bond donors (Lipinski definition) is 0. The Kier molecular flexibility index (Phi) is 12.1. The minimum Gasteiger partial charge on any atom is -0.208 e. The number of rotatable bonds is 8. The van der Waals surface area contributed by atoms with Gasteiger partial charge in [0.1, 0.15) is 0 Å². The number of aromatic nitrogens is 3. The van der Waals surface area contributed by atoms with Gasteiger partial charge >= 0.3 is 0 Å². The molecular formula is C65H55N3. The number of nitrogens with zero attached hydrogens (tertiary/aromatic N) is 3. The SMILES string of the molecule is C/C=C\C(=C/C)c1ccc(-c2nc(-c3ccc(-c4ccccc4)cc3)nc(-c3ccc(-c4cccc5c4-c4ccccc4C54C(=C/CC)/C(=C\C)c5ccccc54)c4ccccc34)n2)cc1.CC. The summed E-state index contributed by atoms with van der Waals surface area (Å²) in [7, 11) is 0. The number of hydrogen-bond acceptors (Lipinski definition) is 3. The van der Waals surface area contributed by atoms with E-state index in [4.69, 9.17) is 15.0 Å². The molecule has 2 aliphatic carbocycles. The molecule has 3 heteroatoms. The first-order valence-electron chi connectivity index (χ1n) is 24.1. The fourth-order valence-electron chi connectivity index (χ4n) is 10.7. The number of allylic oxidation sites excluding steroid dienone is 8. The van der Waals surface area contributed by atoms with Gasteiger partial charge in [0, 0.05) is 16.7 Å². The van der Waals surface area contributed by atoms with E-state index in [9.17, 15) is 0 Å². The summed E-state index contributed by atoms with van der Waals surface area (Å²) in [5, 5.41) is 2.24. The third-order valence-corrected chi connectivity index (χ3v) is 13.6. The van der Waals surface area contributed by atoms with Crippen LogP contribution in [0.5, 0.6) is 0 Å². The minimum absolute atomic E-state index is 0.414. The predicted octanol–water partition coefficient (Wildman–Crippen LogP) is 17.4. The molecule has 0 N–H and O–H groups in total. The van der Waals surface area contributed by atoms with Crippen LogP contribution in [0.2, 0.25) is 0 Å². The molecule has 9 aromatic rings. The molecule has 8 aromatic carbocycles. The maximum atomic E-state index is 5.28. The topological polar surface area (TPSA) is 38.7 Å². The quantitative estimate of drug-likeness (QED) is 0.143. The van der Waals surface area contributed by atoms with Gasteiger partial charge in [0.2, 0.25) is 0 Å². The minimum atomic E-state index is -0.414. The van der Waals surface area contributed by atoms with E-state index < -0.39 is 5.41 Å². The molecule has 0 amide bonds. The van der Waals surface area contributed by atoms with Crippen molar-refractivity contribution in [1.29, 1.82) is 0 Å². The Labute approximate surface area is 401 Å². The second-order valence-corrected chi connectivity index (χ2v) is 17.1. The summed E-state index contributed by atoms with van der Waals surface area (Å²) in [6, 6.07) is 65.9. The van der Waals surface area contributed by atoms with Crippen LogP contribution in [0.3, 0.4) is 0 Å². The summed E-state index contributed by atoms with van der Waals surface area (Å²) < 4.78 is 0. The van der Waals surface area contributed by atoms with E-state index in [1.54, 1.807) is 0 Å². The van der Waals surface area contributed by atoms with Gasteiger partial charge in [-0.1, -0.05) is 227 Å². The van der Waals surface area contributed by atoms with Crippen molar-refractivity contribution in [3.8, 4) is 67.5 Å². The molecule has 3 nitrogen and oxygen atoms in total. The smallest absolute Gasteiger partial charge is 0.164 e. The van der Waals surface area contributed by atoms with E-state index in [1.807, 2.05) is 26.8 Å². The lowest BCUT2D eigenvalue weighted by Gasteiger charge is -2.31. The van der Waals surface area contributed by atoms with Gasteiger partial charge in [-0.25, -0.2) is 15.0 Å². The second kappa shape index (κ2) is 18.7. The Morgan fingerprint density at radius 2 is 0.971 bits per heavy atom. The Morgan fingerprint density at radius 3 is 1.62 bits per heavy atom. The van der Waals surface area contributed by atoms with Crippen LogP contribution >= 0.6 is 0 Å². The van der Waals surface area contributed by atoms with Crippen molar-refractivity contribution in [1.82, 2.24) is 15.0 Å². The van der Waals surface area contributed by atoms with E-state index in [1.165, 1.54) is 66.8 Å². The molecule has 1 atom stereocenters. The molecule has 1 spiro atoms. The maximum Gasteiger partial charge on any atom is 0.164 e. The van der Waals surface area contributed by atoms with Crippen molar-refractivity contribution in [3.63, 3.8) is 0 Å². The highest BCUT2D eigenvalue weighted by atomic mass is 15.0. The summed E-state index contributed by atoms with van der Waals surface area (Å²) >= 11 is 0. The second-order valence-electron chi connectivity index (χ2n) is 17.1. The van der Waals surface area contributed by atoms with Gasteiger partial charge < -0.3 is 0 Å². The average Bonchev–Trinajstić information content (AvgIpc) is 3.87. The molecule has 0 saturated carbocycles. The van der Waals surface area contributed by atoms with Crippen molar-refractivity contribution >= 4 is 21.9 Å². The fraction of sp³-hybridized carbons (Fsp3) is 0.123. The van der Waals surface area contributed by atoms with Crippen molar-refractivity contribution in [2.24, 2.45) is 0 Å². The van der Waals surface area contributed by atoms with Crippen molar-refractivity contribution in [3.05, 3.63) is 246 Å². The van der Waals surface area contributed by atoms with Gasteiger partial charge in [-0.3, -0.25) is 0 Å². The Hall–Kier alpha value is -8.01. The van der Waals surface area contributed by atoms with Crippen LogP contribution in [0.4, 0.5) is 0 Å². The summed E-state index contributed by atoms with van der Waals surface area (Å²) in [5.41, 5.74) is 20.1. The fourth-order valence-corrected chi connectivity index (χ4v) is 10.7. The highest BCUT2D eigenvalue weighted by Crippen LogP contribution is 2.65. The standard InChI is InChI=1S/C63H49N3.C2H6/c1-5-19-41(7-3)43-31-35-45(36-32-43)60-64-61(46-37-33-44(34-38-46)42-21-10-9-11-22-42)66-62(65-60)53-40-39-50(48-23-12-13-24-49(48)53)52-27-18-30-58-59(52)54-26-15-17-29-57(54)63(58)55(20-6-2)47(8-4)51-25-14-16-28-56(51)63;1-2/h5,7-40H,6H2,1-4H3;1-2H3/b19-5-,41-7+,47-8-,55-20+;. The molecule has 1 unspecified atom stereocenters. The molecule has 1 heterocycles. The molecule has 1 aromatic heterocycles. The predicted molar refractivity (Wildman–Crippen MR) is 288 cm³/mol. The zero-order chi connectivity index (χ0) is 46.8. The Balaban J connectivity index is 0.00000266. The lowest BCUT2D eigenvalue weighted by atomic mass is 9.70. The largest absolute Gasteiger partial charge is 0.208 e. The highest BCUT2D eigenvalue weighted by molar-refractivity contribution is 6.09. The zero-order valence-corrected chi connectivity index (χ0v) is 39.8. The van der Waals surface area contributed by atoms with Crippen LogP contribution in [0.25, 0.3) is 89.5 Å². The van der Waals surface area contributed by atoms with Crippen LogP contribution in [-0.2, 0) is 5.41 Å². The summed E-state index contributed by atoms with van der Waals surface area (Å²) in [5.74, 6) is 1.90. The first-order valence-corrected chi connectivity index (χ1v) is 24.1. The van der Waals surface area contributed by atoms with Crippen molar-refractivity contribution in [2.75, 3.05) is 0 Å². The van der Waals surface area contributed by atoms with Gasteiger partial charge in [-0.15, -0.1) is 0 Å². The van der Waals surface area contributed by atoms with Crippen LogP contribution in [0, 0.1) is 0 Å². The maximum absolute atomic E-state index is 5.28. The zero-order valence-electron chi connectivity index (χ0n) is 39.8. The Morgan fingerprint density at radius 1 is 0.456 bits per heavy atom. The summed E-state index contributed by atoms with van der Waals surface area (Å²) in [4.78, 5) is 15.7. The van der Waals surface area contributed by atoms with Gasteiger partial charge in [-0.05, 0) is 122 Å². The van der Waals surface area contributed by atoms with Crippen molar-refractivity contribution < 1.29 is 0 Å². The molecule has 330 valence electrons. The van der Waals surface area contributed by atoms with E-state index in [-0.39, 0.29) is 0 Å². The molecular weight excluding hydrogens is 823 g/mol. The van der Waals surface area contributed by atoms with E-state index in [0.717, 1.165) is 45.0 Å². The molecule has 0 saturated heterocycles. The van der Waals surface area contributed by atoms with Crippen LogP contribution < -0.4 is 0 Å².